The largest absolute Gasteiger partial charge is 0.496 e. The first kappa shape index (κ1) is 19.6. The van der Waals surface area contributed by atoms with Crippen molar-refractivity contribution in [1.82, 2.24) is 0 Å². The molecule has 1 fully saturated rings. The number of carbonyl (C=O) groups excluding carboxylic acids is 1. The number of alkyl halides is 3. The zero-order chi connectivity index (χ0) is 18.7. The Kier molecular flexibility index (Phi) is 5.98. The number of amides is 1. The van der Waals surface area contributed by atoms with Gasteiger partial charge < -0.3 is 14.8 Å². The quantitative estimate of drug-likeness (QED) is 0.833. The van der Waals surface area contributed by atoms with Gasteiger partial charge in [0.25, 0.3) is 5.91 Å². The van der Waals surface area contributed by atoms with Gasteiger partial charge in [-0.05, 0) is 50.3 Å². The van der Waals surface area contributed by atoms with Crippen LogP contribution in [-0.4, -0.2) is 25.2 Å². The number of nitrogens with one attached hydrogen (secondary N) is 1. The molecular weight excluding hydrogens is 335 g/mol. The average Bonchev–Trinajstić information content (AvgIpc) is 2.54. The Hall–Kier alpha value is -1.76. The summed E-state index contributed by atoms with van der Waals surface area (Å²) in [5.74, 6) is -0.344. The third-order valence-corrected chi connectivity index (χ3v) is 4.55. The van der Waals surface area contributed by atoms with Gasteiger partial charge in [0.15, 0.2) is 0 Å². The molecule has 1 aliphatic rings. The van der Waals surface area contributed by atoms with E-state index in [-0.39, 0.29) is 17.3 Å². The van der Waals surface area contributed by atoms with Gasteiger partial charge in [0.05, 0.1) is 12.7 Å². The van der Waals surface area contributed by atoms with Crippen molar-refractivity contribution in [3.05, 3.63) is 23.8 Å². The molecule has 0 radical (unpaired) electrons. The zero-order valence-electron chi connectivity index (χ0n) is 14.7. The predicted molar refractivity (Wildman–Crippen MR) is 88.6 cm³/mol. The van der Waals surface area contributed by atoms with Crippen LogP contribution in [0.2, 0.25) is 0 Å². The van der Waals surface area contributed by atoms with Crippen molar-refractivity contribution in [2.75, 3.05) is 19.0 Å². The van der Waals surface area contributed by atoms with E-state index in [2.05, 4.69) is 12.2 Å². The van der Waals surface area contributed by atoms with Crippen molar-refractivity contribution in [2.45, 2.75) is 51.3 Å². The van der Waals surface area contributed by atoms with Crippen LogP contribution in [0.5, 0.6) is 5.75 Å². The SMILES string of the molecule is CCO[C@]1(C(=O)Nc2ccc(OC)c(C(F)(F)F)c2)CCC[C@@H](C)C1. The highest BCUT2D eigenvalue weighted by Crippen LogP contribution is 2.39. The van der Waals surface area contributed by atoms with Crippen molar-refractivity contribution < 1.29 is 27.4 Å². The Balaban J connectivity index is 2.26. The fourth-order valence-electron chi connectivity index (χ4n) is 3.43. The first-order chi connectivity index (χ1) is 11.7. The molecule has 0 bridgehead atoms. The van der Waals surface area contributed by atoms with Gasteiger partial charge in [0, 0.05) is 12.3 Å². The lowest BCUT2D eigenvalue weighted by molar-refractivity contribution is -0.148. The number of hydrogen-bond acceptors (Lipinski definition) is 3. The maximum Gasteiger partial charge on any atom is 0.420 e. The summed E-state index contributed by atoms with van der Waals surface area (Å²) < 4.78 is 49.9. The molecule has 0 aromatic heterocycles. The van der Waals surface area contributed by atoms with Crippen LogP contribution in [0.15, 0.2) is 18.2 Å². The third kappa shape index (κ3) is 4.45. The maximum atomic E-state index is 13.1. The fourth-order valence-corrected chi connectivity index (χ4v) is 3.43. The van der Waals surface area contributed by atoms with Gasteiger partial charge in [-0.2, -0.15) is 13.2 Å². The van der Waals surface area contributed by atoms with Gasteiger partial charge in [-0.25, -0.2) is 0 Å². The molecule has 7 heteroatoms. The highest BCUT2D eigenvalue weighted by molar-refractivity contribution is 5.97. The Bertz CT molecular complexity index is 614. The molecule has 2 atom stereocenters. The Morgan fingerprint density at radius 1 is 1.40 bits per heavy atom. The summed E-state index contributed by atoms with van der Waals surface area (Å²) in [5.41, 5.74) is -1.82. The number of benzene rings is 1. The molecule has 1 aromatic carbocycles. The van der Waals surface area contributed by atoms with Gasteiger partial charge in [-0.3, -0.25) is 4.79 Å². The zero-order valence-corrected chi connectivity index (χ0v) is 14.7. The van der Waals surface area contributed by atoms with E-state index in [1.165, 1.54) is 19.2 Å². The molecule has 25 heavy (non-hydrogen) atoms. The van der Waals surface area contributed by atoms with E-state index in [0.29, 0.717) is 25.4 Å². The normalized spacial score (nSPS) is 24.0. The summed E-state index contributed by atoms with van der Waals surface area (Å²) in [6.45, 7) is 4.23. The van der Waals surface area contributed by atoms with Gasteiger partial charge >= 0.3 is 6.18 Å². The lowest BCUT2D eigenvalue weighted by atomic mass is 9.78. The number of methoxy groups -OCH3 is 1. The Labute approximate surface area is 145 Å². The van der Waals surface area contributed by atoms with Crippen LogP contribution < -0.4 is 10.1 Å². The fraction of sp³-hybridized carbons (Fsp3) is 0.611. The van der Waals surface area contributed by atoms with Crippen molar-refractivity contribution in [1.29, 1.82) is 0 Å². The van der Waals surface area contributed by atoms with E-state index < -0.39 is 17.3 Å². The molecule has 0 saturated heterocycles. The number of halogens is 3. The van der Waals surface area contributed by atoms with Crippen LogP contribution in [0.4, 0.5) is 18.9 Å². The highest BCUT2D eigenvalue weighted by atomic mass is 19.4. The van der Waals surface area contributed by atoms with E-state index in [1.807, 2.05) is 6.92 Å². The Morgan fingerprint density at radius 2 is 2.12 bits per heavy atom. The lowest BCUT2D eigenvalue weighted by Gasteiger charge is -2.38. The van der Waals surface area contributed by atoms with Gasteiger partial charge in [-0.15, -0.1) is 0 Å². The van der Waals surface area contributed by atoms with E-state index in [9.17, 15) is 18.0 Å². The molecular formula is C18H24F3NO3. The minimum Gasteiger partial charge on any atom is -0.496 e. The van der Waals surface area contributed by atoms with Crippen LogP contribution in [0, 0.1) is 5.92 Å². The van der Waals surface area contributed by atoms with Crippen LogP contribution in [0.25, 0.3) is 0 Å². The van der Waals surface area contributed by atoms with Gasteiger partial charge in [0.1, 0.15) is 11.4 Å². The van der Waals surface area contributed by atoms with Crippen LogP contribution in [0.3, 0.4) is 0 Å². The minimum absolute atomic E-state index is 0.0791. The molecule has 0 spiro atoms. The molecule has 0 unspecified atom stereocenters. The molecule has 1 aliphatic carbocycles. The first-order valence-corrected chi connectivity index (χ1v) is 8.42. The summed E-state index contributed by atoms with van der Waals surface area (Å²) in [6.07, 6.45) is -1.56. The van der Waals surface area contributed by atoms with Crippen molar-refractivity contribution in [2.24, 2.45) is 5.92 Å². The van der Waals surface area contributed by atoms with E-state index >= 15 is 0 Å². The van der Waals surface area contributed by atoms with Crippen LogP contribution >= 0.6 is 0 Å². The molecule has 1 N–H and O–H groups in total. The molecule has 2 rings (SSSR count). The van der Waals surface area contributed by atoms with Gasteiger partial charge in [0.2, 0.25) is 0 Å². The molecule has 140 valence electrons. The van der Waals surface area contributed by atoms with Crippen molar-refractivity contribution in [3.8, 4) is 5.75 Å². The summed E-state index contributed by atoms with van der Waals surface area (Å²) >= 11 is 0. The van der Waals surface area contributed by atoms with Crippen LogP contribution in [-0.2, 0) is 15.7 Å². The van der Waals surface area contributed by atoms with E-state index in [4.69, 9.17) is 9.47 Å². The second kappa shape index (κ2) is 7.64. The lowest BCUT2D eigenvalue weighted by Crippen LogP contribution is -2.48. The number of hydrogen-bond donors (Lipinski definition) is 1. The number of anilines is 1. The van der Waals surface area contributed by atoms with Crippen molar-refractivity contribution in [3.63, 3.8) is 0 Å². The molecule has 1 amide bonds. The topological polar surface area (TPSA) is 47.6 Å². The molecule has 0 heterocycles. The molecule has 1 aromatic rings. The summed E-state index contributed by atoms with van der Waals surface area (Å²) in [7, 11) is 1.18. The summed E-state index contributed by atoms with van der Waals surface area (Å²) in [4.78, 5) is 12.8. The smallest absolute Gasteiger partial charge is 0.420 e. The first-order valence-electron chi connectivity index (χ1n) is 8.42. The maximum absolute atomic E-state index is 13.1. The molecule has 0 aliphatic heterocycles. The van der Waals surface area contributed by atoms with Gasteiger partial charge in [-0.1, -0.05) is 13.3 Å². The number of carbonyl (C=O) groups is 1. The van der Waals surface area contributed by atoms with E-state index in [0.717, 1.165) is 18.9 Å². The van der Waals surface area contributed by atoms with Crippen molar-refractivity contribution >= 4 is 11.6 Å². The summed E-state index contributed by atoms with van der Waals surface area (Å²) in [6, 6.07) is 3.50. The van der Waals surface area contributed by atoms with E-state index in [1.54, 1.807) is 0 Å². The highest BCUT2D eigenvalue weighted by Gasteiger charge is 2.43. The third-order valence-electron chi connectivity index (χ3n) is 4.55. The predicted octanol–water partition coefficient (Wildman–Crippen LogP) is 4.64. The average molecular weight is 359 g/mol. The summed E-state index contributed by atoms with van der Waals surface area (Å²) in [5, 5.41) is 2.60. The number of ether oxygens (including phenoxy) is 2. The second-order valence-electron chi connectivity index (χ2n) is 6.50. The Morgan fingerprint density at radius 3 is 2.68 bits per heavy atom. The standard InChI is InChI=1S/C18H24F3NO3/c1-4-25-17(9-5-6-12(2)11-17)16(23)22-13-7-8-15(24-3)14(10-13)18(19,20)21/h7-8,10,12H,4-6,9,11H2,1-3H3,(H,22,23)/t12-,17-/m1/s1. The number of rotatable bonds is 5. The monoisotopic (exact) mass is 359 g/mol. The minimum atomic E-state index is -4.57. The van der Waals surface area contributed by atoms with Crippen LogP contribution in [0.1, 0.15) is 45.1 Å². The molecule has 1 saturated carbocycles. The molecule has 4 nitrogen and oxygen atoms in total. The second-order valence-corrected chi connectivity index (χ2v) is 6.50.